The molecule has 0 heterocycles. The maximum Gasteiger partial charge on any atom is 0.243 e. The van der Waals surface area contributed by atoms with Gasteiger partial charge in [0, 0.05) is 40.4 Å². The average molecular weight is 314 g/mol. The molecule has 0 aliphatic carbocycles. The first-order valence-electron chi connectivity index (χ1n) is 8.13. The molecular formula is C16H34N4O2. The van der Waals surface area contributed by atoms with Crippen LogP contribution in [0.3, 0.4) is 0 Å². The van der Waals surface area contributed by atoms with E-state index in [4.69, 9.17) is 4.74 Å². The number of likely N-dealkylation sites (N-methyl/N-ethyl adjacent to an activating group) is 1. The summed E-state index contributed by atoms with van der Waals surface area (Å²) in [5.41, 5.74) is 0. The fraction of sp³-hybridized carbons (Fsp3) is 0.875. The normalized spacial score (nSPS) is 11.9. The molecule has 0 aromatic heterocycles. The van der Waals surface area contributed by atoms with Gasteiger partial charge in [-0.25, -0.2) is 4.99 Å². The Morgan fingerprint density at radius 3 is 2.36 bits per heavy atom. The van der Waals surface area contributed by atoms with E-state index in [9.17, 15) is 4.79 Å². The van der Waals surface area contributed by atoms with Crippen molar-refractivity contribution in [2.75, 3.05) is 46.9 Å². The van der Waals surface area contributed by atoms with Crippen LogP contribution < -0.4 is 10.6 Å². The lowest BCUT2D eigenvalue weighted by atomic mass is 10.2. The van der Waals surface area contributed by atoms with Crippen molar-refractivity contribution in [2.24, 2.45) is 16.8 Å². The van der Waals surface area contributed by atoms with Gasteiger partial charge in [0.2, 0.25) is 5.91 Å². The van der Waals surface area contributed by atoms with Gasteiger partial charge >= 0.3 is 0 Å². The number of carbonyl (C=O) groups is 1. The van der Waals surface area contributed by atoms with Crippen LogP contribution in [0.2, 0.25) is 0 Å². The van der Waals surface area contributed by atoms with Gasteiger partial charge in [0.25, 0.3) is 0 Å². The summed E-state index contributed by atoms with van der Waals surface area (Å²) in [7, 11) is 3.47. The molecule has 1 amide bonds. The van der Waals surface area contributed by atoms with Crippen molar-refractivity contribution in [1.29, 1.82) is 0 Å². The third kappa shape index (κ3) is 12.4. The fourth-order valence-corrected chi connectivity index (χ4v) is 1.46. The van der Waals surface area contributed by atoms with E-state index in [1.807, 2.05) is 0 Å². The molecule has 0 spiro atoms. The average Bonchev–Trinajstić information content (AvgIpc) is 2.43. The highest BCUT2D eigenvalue weighted by Gasteiger charge is 2.05. The van der Waals surface area contributed by atoms with E-state index in [0.29, 0.717) is 17.8 Å². The second-order valence-corrected chi connectivity index (χ2v) is 6.48. The first-order chi connectivity index (χ1) is 10.3. The molecular weight excluding hydrogens is 280 g/mol. The van der Waals surface area contributed by atoms with Gasteiger partial charge in [-0.15, -0.1) is 0 Å². The van der Waals surface area contributed by atoms with Gasteiger partial charge in [-0.05, 0) is 18.3 Å². The Hall–Kier alpha value is -1.30. The molecule has 130 valence electrons. The summed E-state index contributed by atoms with van der Waals surface area (Å²) in [5.74, 6) is 1.76. The molecule has 0 fully saturated rings. The van der Waals surface area contributed by atoms with Gasteiger partial charge < -0.3 is 20.3 Å². The molecule has 0 saturated heterocycles. The Balaban J connectivity index is 4.12. The number of nitrogens with one attached hydrogen (secondary N) is 2. The molecule has 0 atom stereocenters. The number of aliphatic imine (C=N–C) groups is 1. The van der Waals surface area contributed by atoms with Gasteiger partial charge in [-0.2, -0.15) is 0 Å². The monoisotopic (exact) mass is 314 g/mol. The number of hydrogen-bond donors (Lipinski definition) is 2. The lowest BCUT2D eigenvalue weighted by Crippen LogP contribution is -2.40. The Bertz CT molecular complexity index is 328. The summed E-state index contributed by atoms with van der Waals surface area (Å²) in [6.45, 7) is 11.8. The minimum Gasteiger partial charge on any atom is -0.381 e. The van der Waals surface area contributed by atoms with Crippen molar-refractivity contribution in [2.45, 2.75) is 34.1 Å². The zero-order valence-corrected chi connectivity index (χ0v) is 15.1. The Labute approximate surface area is 135 Å². The highest BCUT2D eigenvalue weighted by Crippen LogP contribution is 1.93. The van der Waals surface area contributed by atoms with E-state index < -0.39 is 0 Å². The van der Waals surface area contributed by atoms with E-state index in [1.54, 1.807) is 19.0 Å². The molecule has 0 aliphatic rings. The van der Waals surface area contributed by atoms with E-state index in [2.05, 4.69) is 43.3 Å². The largest absolute Gasteiger partial charge is 0.381 e. The third-order valence-electron chi connectivity index (χ3n) is 2.76. The van der Waals surface area contributed by atoms with Crippen molar-refractivity contribution in [3.8, 4) is 0 Å². The van der Waals surface area contributed by atoms with Gasteiger partial charge in [0.1, 0.15) is 6.54 Å². The summed E-state index contributed by atoms with van der Waals surface area (Å²) >= 11 is 0. The predicted octanol–water partition coefficient (Wildman–Crippen LogP) is 1.33. The maximum atomic E-state index is 11.6. The topological polar surface area (TPSA) is 66.0 Å². The molecule has 0 saturated carbocycles. The van der Waals surface area contributed by atoms with Gasteiger partial charge in [-0.3, -0.25) is 4.79 Å². The second kappa shape index (κ2) is 12.3. The van der Waals surface area contributed by atoms with Crippen LogP contribution in [-0.4, -0.2) is 63.7 Å². The quantitative estimate of drug-likeness (QED) is 0.363. The van der Waals surface area contributed by atoms with Crippen LogP contribution in [0.5, 0.6) is 0 Å². The van der Waals surface area contributed by atoms with Gasteiger partial charge in [0.05, 0.1) is 0 Å². The molecule has 22 heavy (non-hydrogen) atoms. The second-order valence-electron chi connectivity index (χ2n) is 6.48. The zero-order valence-electron chi connectivity index (χ0n) is 15.1. The van der Waals surface area contributed by atoms with Crippen LogP contribution in [0.1, 0.15) is 34.1 Å². The van der Waals surface area contributed by atoms with Crippen molar-refractivity contribution in [3.63, 3.8) is 0 Å². The van der Waals surface area contributed by atoms with E-state index in [1.165, 1.54) is 0 Å². The molecule has 6 nitrogen and oxygen atoms in total. The van der Waals surface area contributed by atoms with Crippen molar-refractivity contribution < 1.29 is 9.53 Å². The molecule has 0 rings (SSSR count). The summed E-state index contributed by atoms with van der Waals surface area (Å²) in [6, 6.07) is 0. The first-order valence-corrected chi connectivity index (χ1v) is 8.13. The predicted molar refractivity (Wildman–Crippen MR) is 92.1 cm³/mol. The fourth-order valence-electron chi connectivity index (χ4n) is 1.46. The summed E-state index contributed by atoms with van der Waals surface area (Å²) in [4.78, 5) is 17.5. The number of hydrogen-bond acceptors (Lipinski definition) is 3. The molecule has 0 radical (unpaired) electrons. The Morgan fingerprint density at radius 1 is 1.14 bits per heavy atom. The standard InChI is InChI=1S/C16H34N4O2/c1-13(2)10-18-16(19-11-15(21)20(5)6)17-8-7-9-22-12-14(3)4/h13-14H,7-12H2,1-6H3,(H2,17,18,19). The number of carbonyl (C=O) groups excluding carboxylic acids is 1. The van der Waals surface area contributed by atoms with E-state index >= 15 is 0 Å². The number of amides is 1. The molecule has 0 aromatic carbocycles. The van der Waals surface area contributed by atoms with E-state index in [0.717, 1.165) is 32.7 Å². The molecule has 0 unspecified atom stereocenters. The van der Waals surface area contributed by atoms with Gasteiger partial charge in [0.15, 0.2) is 5.96 Å². The Kier molecular flexibility index (Phi) is 11.5. The van der Waals surface area contributed by atoms with Crippen LogP contribution in [0.25, 0.3) is 0 Å². The molecule has 0 aliphatic heterocycles. The van der Waals surface area contributed by atoms with Crippen molar-refractivity contribution in [1.82, 2.24) is 15.5 Å². The summed E-state index contributed by atoms with van der Waals surface area (Å²) in [6.07, 6.45) is 0.913. The van der Waals surface area contributed by atoms with Crippen molar-refractivity contribution in [3.05, 3.63) is 0 Å². The SMILES string of the molecule is CC(C)CNC(=NCC(=O)N(C)C)NCCCOCC(C)C. The summed E-state index contributed by atoms with van der Waals surface area (Å²) < 4.78 is 5.54. The van der Waals surface area contributed by atoms with Crippen LogP contribution >= 0.6 is 0 Å². The lowest BCUT2D eigenvalue weighted by molar-refractivity contribution is -0.127. The van der Waals surface area contributed by atoms with E-state index in [-0.39, 0.29) is 12.5 Å². The molecule has 0 aromatic rings. The highest BCUT2D eigenvalue weighted by molar-refractivity contribution is 5.84. The van der Waals surface area contributed by atoms with Crippen LogP contribution in [-0.2, 0) is 9.53 Å². The van der Waals surface area contributed by atoms with Crippen LogP contribution in [0.15, 0.2) is 4.99 Å². The minimum absolute atomic E-state index is 0.00841. The Morgan fingerprint density at radius 2 is 1.82 bits per heavy atom. The third-order valence-corrected chi connectivity index (χ3v) is 2.76. The van der Waals surface area contributed by atoms with Crippen LogP contribution in [0, 0.1) is 11.8 Å². The zero-order chi connectivity index (χ0) is 17.0. The smallest absolute Gasteiger partial charge is 0.243 e. The lowest BCUT2D eigenvalue weighted by Gasteiger charge is -2.15. The maximum absolute atomic E-state index is 11.6. The minimum atomic E-state index is -0.00841. The summed E-state index contributed by atoms with van der Waals surface area (Å²) in [5, 5.41) is 6.50. The number of rotatable bonds is 10. The molecule has 0 bridgehead atoms. The number of guanidine groups is 1. The number of nitrogens with zero attached hydrogens (tertiary/aromatic N) is 2. The molecule has 2 N–H and O–H groups in total. The van der Waals surface area contributed by atoms with Gasteiger partial charge in [-0.1, -0.05) is 27.7 Å². The van der Waals surface area contributed by atoms with Crippen LogP contribution in [0.4, 0.5) is 0 Å². The van der Waals surface area contributed by atoms with Crippen molar-refractivity contribution >= 4 is 11.9 Å². The highest BCUT2D eigenvalue weighted by atomic mass is 16.5. The number of ether oxygens (including phenoxy) is 1. The molecule has 6 heteroatoms. The first kappa shape index (κ1) is 20.7.